The molecule has 184 valence electrons. The summed E-state index contributed by atoms with van der Waals surface area (Å²) in [5.74, 6) is -1.34. The quantitative estimate of drug-likeness (QED) is 0.532. The van der Waals surface area contributed by atoms with Crippen molar-refractivity contribution in [3.63, 3.8) is 0 Å². The zero-order valence-corrected chi connectivity index (χ0v) is 20.0. The molecule has 0 radical (unpaired) electrons. The van der Waals surface area contributed by atoms with Gasteiger partial charge in [-0.15, -0.1) is 0 Å². The lowest BCUT2D eigenvalue weighted by Gasteiger charge is -2.34. The van der Waals surface area contributed by atoms with Gasteiger partial charge in [0.15, 0.2) is 11.6 Å². The van der Waals surface area contributed by atoms with E-state index < -0.39 is 21.7 Å². The van der Waals surface area contributed by atoms with Gasteiger partial charge in [0.25, 0.3) is 0 Å². The topological polar surface area (TPSA) is 78.9 Å². The Morgan fingerprint density at radius 2 is 1.66 bits per heavy atom. The Morgan fingerprint density at radius 3 is 2.37 bits per heavy atom. The molecule has 2 aliphatic heterocycles. The Hall–Kier alpha value is -3.15. The number of benzene rings is 2. The highest BCUT2D eigenvalue weighted by Crippen LogP contribution is 2.34. The highest BCUT2D eigenvalue weighted by Gasteiger charge is 2.32. The standard InChI is InChI=1S/C24H25F2N5O3S/c1-29-11-13-30(14-12-29)24-27-22-9-10-31(35(32,33)18-5-3-2-4-6-18)16-19(22)23(28-24)34-17-7-8-20(25)21(26)15-17/h2-8,15H,9-14,16H2,1H3. The van der Waals surface area contributed by atoms with Gasteiger partial charge in [0, 0.05) is 51.8 Å². The van der Waals surface area contributed by atoms with Gasteiger partial charge >= 0.3 is 0 Å². The fourth-order valence-corrected chi connectivity index (χ4v) is 5.61. The highest BCUT2D eigenvalue weighted by atomic mass is 32.2. The number of nitrogens with zero attached hydrogens (tertiary/aromatic N) is 5. The van der Waals surface area contributed by atoms with E-state index in [4.69, 9.17) is 9.72 Å². The second-order valence-electron chi connectivity index (χ2n) is 8.62. The van der Waals surface area contributed by atoms with Crippen LogP contribution in [-0.2, 0) is 23.0 Å². The maximum atomic E-state index is 13.8. The molecule has 2 aromatic carbocycles. The Morgan fingerprint density at radius 1 is 0.914 bits per heavy atom. The van der Waals surface area contributed by atoms with Crippen LogP contribution >= 0.6 is 0 Å². The largest absolute Gasteiger partial charge is 0.438 e. The van der Waals surface area contributed by atoms with Crippen molar-refractivity contribution in [1.82, 2.24) is 19.2 Å². The summed E-state index contributed by atoms with van der Waals surface area (Å²) in [6.07, 6.45) is 0.374. The third-order valence-electron chi connectivity index (χ3n) is 6.25. The van der Waals surface area contributed by atoms with Crippen LogP contribution in [0.15, 0.2) is 53.4 Å². The first kappa shape index (κ1) is 23.6. The number of hydrogen-bond donors (Lipinski definition) is 0. The van der Waals surface area contributed by atoms with Crippen molar-refractivity contribution in [2.24, 2.45) is 0 Å². The van der Waals surface area contributed by atoms with E-state index in [0.29, 0.717) is 23.6 Å². The third kappa shape index (κ3) is 4.84. The minimum absolute atomic E-state index is 0.00852. The van der Waals surface area contributed by atoms with Crippen molar-refractivity contribution in [1.29, 1.82) is 0 Å². The normalized spacial score (nSPS) is 17.3. The molecule has 11 heteroatoms. The summed E-state index contributed by atoms with van der Waals surface area (Å²) in [5.41, 5.74) is 1.20. The molecule has 0 atom stereocenters. The van der Waals surface area contributed by atoms with E-state index in [0.717, 1.165) is 38.3 Å². The summed E-state index contributed by atoms with van der Waals surface area (Å²) in [6, 6.07) is 11.4. The maximum absolute atomic E-state index is 13.8. The SMILES string of the molecule is CN1CCN(c2nc3c(c(Oc4ccc(F)c(F)c4)n2)CN(S(=O)(=O)c2ccccc2)CC3)CC1. The van der Waals surface area contributed by atoms with Crippen LogP contribution in [0.25, 0.3) is 0 Å². The summed E-state index contributed by atoms with van der Waals surface area (Å²) in [7, 11) is -1.70. The Balaban J connectivity index is 1.52. The van der Waals surface area contributed by atoms with E-state index in [2.05, 4.69) is 9.88 Å². The molecule has 1 aromatic heterocycles. The number of aromatic nitrogens is 2. The molecule has 3 aromatic rings. The van der Waals surface area contributed by atoms with E-state index in [-0.39, 0.29) is 29.6 Å². The molecule has 0 unspecified atom stereocenters. The first-order valence-corrected chi connectivity index (χ1v) is 12.8. The molecule has 0 amide bonds. The molecule has 3 heterocycles. The van der Waals surface area contributed by atoms with Crippen molar-refractivity contribution in [2.75, 3.05) is 44.7 Å². The number of ether oxygens (including phenoxy) is 1. The van der Waals surface area contributed by atoms with E-state index >= 15 is 0 Å². The molecule has 2 aliphatic rings. The van der Waals surface area contributed by atoms with Crippen molar-refractivity contribution >= 4 is 16.0 Å². The number of halogens is 2. The third-order valence-corrected chi connectivity index (χ3v) is 8.11. The second kappa shape index (κ2) is 9.48. The van der Waals surface area contributed by atoms with Gasteiger partial charge in [0.1, 0.15) is 5.75 Å². The first-order valence-electron chi connectivity index (χ1n) is 11.3. The van der Waals surface area contributed by atoms with Crippen LogP contribution in [0.5, 0.6) is 11.6 Å². The van der Waals surface area contributed by atoms with Crippen LogP contribution in [0.1, 0.15) is 11.3 Å². The minimum Gasteiger partial charge on any atom is -0.438 e. The zero-order valence-electron chi connectivity index (χ0n) is 19.2. The minimum atomic E-state index is -3.75. The molecule has 0 bridgehead atoms. The molecule has 0 N–H and O–H groups in total. The van der Waals surface area contributed by atoms with Crippen molar-refractivity contribution in [3.05, 3.63) is 71.4 Å². The Bertz CT molecular complexity index is 1330. The lowest BCUT2D eigenvalue weighted by molar-refractivity contribution is 0.310. The van der Waals surface area contributed by atoms with Gasteiger partial charge in [-0.3, -0.25) is 0 Å². The smallest absolute Gasteiger partial charge is 0.243 e. The summed E-state index contributed by atoms with van der Waals surface area (Å²) in [5, 5.41) is 0. The predicted molar refractivity (Wildman–Crippen MR) is 126 cm³/mol. The Labute approximate surface area is 202 Å². The number of piperazine rings is 1. The number of sulfonamides is 1. The van der Waals surface area contributed by atoms with Crippen LogP contribution in [0.3, 0.4) is 0 Å². The average Bonchev–Trinajstić information content (AvgIpc) is 2.87. The number of hydrogen-bond acceptors (Lipinski definition) is 7. The molecule has 1 saturated heterocycles. The fourth-order valence-electron chi connectivity index (χ4n) is 4.18. The van der Waals surface area contributed by atoms with Gasteiger partial charge in [-0.2, -0.15) is 9.29 Å². The highest BCUT2D eigenvalue weighted by molar-refractivity contribution is 7.89. The van der Waals surface area contributed by atoms with E-state index in [1.165, 1.54) is 10.4 Å². The second-order valence-corrected chi connectivity index (χ2v) is 10.6. The lowest BCUT2D eigenvalue weighted by Crippen LogP contribution is -2.45. The average molecular weight is 502 g/mol. The molecule has 0 aliphatic carbocycles. The molecule has 5 rings (SSSR count). The molecule has 0 spiro atoms. The Kier molecular flexibility index (Phi) is 6.39. The van der Waals surface area contributed by atoms with Crippen molar-refractivity contribution < 1.29 is 21.9 Å². The van der Waals surface area contributed by atoms with Gasteiger partial charge in [-0.1, -0.05) is 18.2 Å². The van der Waals surface area contributed by atoms with E-state index in [9.17, 15) is 17.2 Å². The maximum Gasteiger partial charge on any atom is 0.243 e. The summed E-state index contributed by atoms with van der Waals surface area (Å²) < 4.78 is 61.0. The molecular weight excluding hydrogens is 476 g/mol. The van der Waals surface area contributed by atoms with Crippen molar-refractivity contribution in [3.8, 4) is 11.6 Å². The van der Waals surface area contributed by atoms with Gasteiger partial charge < -0.3 is 14.5 Å². The van der Waals surface area contributed by atoms with Gasteiger partial charge in [-0.25, -0.2) is 22.2 Å². The van der Waals surface area contributed by atoms with Gasteiger partial charge in [-0.05, 0) is 31.3 Å². The molecule has 8 nitrogen and oxygen atoms in total. The van der Waals surface area contributed by atoms with Crippen LogP contribution in [-0.4, -0.2) is 67.4 Å². The van der Waals surface area contributed by atoms with Crippen LogP contribution in [0.4, 0.5) is 14.7 Å². The number of anilines is 1. The van der Waals surface area contributed by atoms with Crippen molar-refractivity contribution in [2.45, 2.75) is 17.9 Å². The van der Waals surface area contributed by atoms with Gasteiger partial charge in [0.05, 0.1) is 16.2 Å². The molecular formula is C24H25F2N5O3S. The lowest BCUT2D eigenvalue weighted by atomic mass is 10.1. The summed E-state index contributed by atoms with van der Waals surface area (Å²) in [6.45, 7) is 3.43. The van der Waals surface area contributed by atoms with Crippen LogP contribution in [0.2, 0.25) is 0 Å². The molecule has 35 heavy (non-hydrogen) atoms. The monoisotopic (exact) mass is 501 g/mol. The van der Waals surface area contributed by atoms with E-state index in [1.807, 2.05) is 11.9 Å². The zero-order chi connectivity index (χ0) is 24.6. The fraction of sp³-hybridized carbons (Fsp3) is 0.333. The first-order chi connectivity index (χ1) is 16.8. The summed E-state index contributed by atoms with van der Waals surface area (Å²) >= 11 is 0. The molecule has 1 fully saturated rings. The van der Waals surface area contributed by atoms with E-state index in [1.54, 1.807) is 30.3 Å². The summed E-state index contributed by atoms with van der Waals surface area (Å²) in [4.78, 5) is 13.8. The number of fused-ring (bicyclic) bond motifs is 1. The van der Waals surface area contributed by atoms with Crippen LogP contribution in [0, 0.1) is 11.6 Å². The number of rotatable bonds is 5. The van der Waals surface area contributed by atoms with Crippen LogP contribution < -0.4 is 9.64 Å². The number of likely N-dealkylation sites (N-methyl/N-ethyl adjacent to an activating group) is 1. The predicted octanol–water partition coefficient (Wildman–Crippen LogP) is 3.05. The molecule has 0 saturated carbocycles. The van der Waals surface area contributed by atoms with Gasteiger partial charge in [0.2, 0.25) is 21.9 Å².